The lowest BCUT2D eigenvalue weighted by Crippen LogP contribution is -2.32. The van der Waals surface area contributed by atoms with Gasteiger partial charge in [0.25, 0.3) is 0 Å². The largest absolute Gasteiger partial charge is 0.433 e. The lowest BCUT2D eigenvalue weighted by atomic mass is 10.1. The van der Waals surface area contributed by atoms with E-state index in [0.29, 0.717) is 25.3 Å². The van der Waals surface area contributed by atoms with E-state index in [-0.39, 0.29) is 19.2 Å². The molecule has 1 aromatic carbocycles. The molecule has 0 radical (unpaired) electrons. The molecule has 0 amide bonds. The van der Waals surface area contributed by atoms with Crippen LogP contribution in [0.25, 0.3) is 10.4 Å². The van der Waals surface area contributed by atoms with Crippen LogP contribution in [0.1, 0.15) is 22.7 Å². The highest BCUT2D eigenvalue weighted by Gasteiger charge is 2.32. The van der Waals surface area contributed by atoms with Crippen molar-refractivity contribution in [3.8, 4) is 10.4 Å². The number of anilines is 2. The molecule has 12 heteroatoms. The van der Waals surface area contributed by atoms with Crippen LogP contribution in [-0.4, -0.2) is 69.5 Å². The summed E-state index contributed by atoms with van der Waals surface area (Å²) >= 11 is 1.54. The monoisotopic (exact) mass is 510 g/mol. The molecule has 0 fully saturated rings. The number of halogens is 3. The van der Waals surface area contributed by atoms with Gasteiger partial charge < -0.3 is 20.8 Å². The molecule has 0 unspecified atom stereocenters. The molecule has 190 valence electrons. The van der Waals surface area contributed by atoms with Gasteiger partial charge in [0, 0.05) is 37.7 Å². The number of alkyl halides is 3. The summed E-state index contributed by atoms with van der Waals surface area (Å²) in [6.07, 6.45) is -0.801. The van der Waals surface area contributed by atoms with E-state index in [4.69, 9.17) is 10.2 Å². The van der Waals surface area contributed by atoms with Gasteiger partial charge in [-0.2, -0.15) is 13.2 Å². The van der Waals surface area contributed by atoms with E-state index in [1.54, 1.807) is 6.20 Å². The van der Waals surface area contributed by atoms with Crippen LogP contribution in [0.5, 0.6) is 0 Å². The van der Waals surface area contributed by atoms with Crippen LogP contribution < -0.4 is 10.6 Å². The molecule has 4 N–H and O–H groups in total. The van der Waals surface area contributed by atoms with Gasteiger partial charge in [0.15, 0.2) is 0 Å². The molecular weight excluding hydrogens is 481 g/mol. The predicted octanol–water partition coefficient (Wildman–Crippen LogP) is 3.44. The fourth-order valence-corrected chi connectivity index (χ4v) is 4.34. The van der Waals surface area contributed by atoms with Crippen molar-refractivity contribution in [2.45, 2.75) is 26.1 Å². The summed E-state index contributed by atoms with van der Waals surface area (Å²) in [6, 6.07) is 6.46. The molecule has 8 nitrogen and oxygen atoms in total. The number of hydrogen-bond acceptors (Lipinski definition) is 9. The Balaban J connectivity index is 1.58. The molecule has 2 heterocycles. The molecule has 0 aliphatic heterocycles. The van der Waals surface area contributed by atoms with Crippen molar-refractivity contribution in [1.82, 2.24) is 25.2 Å². The third-order valence-corrected chi connectivity index (χ3v) is 6.10. The Labute approximate surface area is 205 Å². The second-order valence-electron chi connectivity index (χ2n) is 7.91. The summed E-state index contributed by atoms with van der Waals surface area (Å²) in [7, 11) is 0. The molecule has 3 rings (SSSR count). The number of aromatic nitrogens is 3. The Morgan fingerprint density at radius 3 is 2.54 bits per heavy atom. The zero-order chi connectivity index (χ0) is 25.3. The standard InChI is InChI=1S/C23H29F3N6O2S/c1-16-11-17(13-18(12-16)30-22-28-5-3-20(31-22)23(24,25)26)19-14-29-21(35-19)15-27-4-2-6-32(7-9-33)8-10-34/h3,5,11-14,27,33-34H,2,4,6-10,15H2,1H3,(H,28,30,31). The summed E-state index contributed by atoms with van der Waals surface area (Å²) < 4.78 is 38.8. The average molecular weight is 511 g/mol. The molecule has 0 saturated carbocycles. The van der Waals surface area contributed by atoms with Crippen LogP contribution in [-0.2, 0) is 12.7 Å². The third kappa shape index (κ3) is 8.51. The van der Waals surface area contributed by atoms with Crippen molar-refractivity contribution < 1.29 is 23.4 Å². The number of hydrogen-bond donors (Lipinski definition) is 4. The number of nitrogens with zero attached hydrogens (tertiary/aromatic N) is 4. The normalized spacial score (nSPS) is 11.9. The van der Waals surface area contributed by atoms with Gasteiger partial charge in [-0.3, -0.25) is 4.90 Å². The predicted molar refractivity (Wildman–Crippen MR) is 130 cm³/mol. The fourth-order valence-electron chi connectivity index (χ4n) is 3.47. The van der Waals surface area contributed by atoms with E-state index < -0.39 is 11.9 Å². The van der Waals surface area contributed by atoms with Gasteiger partial charge in [-0.15, -0.1) is 11.3 Å². The van der Waals surface area contributed by atoms with Crippen LogP contribution >= 0.6 is 11.3 Å². The molecule has 0 aliphatic rings. The molecule has 2 aromatic heterocycles. The third-order valence-electron chi connectivity index (χ3n) is 5.05. The van der Waals surface area contributed by atoms with Gasteiger partial charge in [0.2, 0.25) is 5.95 Å². The van der Waals surface area contributed by atoms with Crippen molar-refractivity contribution in [2.75, 3.05) is 44.7 Å². The SMILES string of the molecule is Cc1cc(Nc2nccc(C(F)(F)F)n2)cc(-c2cnc(CNCCCN(CCO)CCO)s2)c1. The van der Waals surface area contributed by atoms with Crippen LogP contribution in [0.15, 0.2) is 36.7 Å². The van der Waals surface area contributed by atoms with Crippen molar-refractivity contribution >= 4 is 23.0 Å². The Bertz CT molecular complexity index is 1070. The van der Waals surface area contributed by atoms with Gasteiger partial charge in [0.05, 0.1) is 18.1 Å². The highest BCUT2D eigenvalue weighted by Crippen LogP contribution is 2.31. The first-order valence-electron chi connectivity index (χ1n) is 11.2. The summed E-state index contributed by atoms with van der Waals surface area (Å²) in [6.45, 7) is 5.30. The summed E-state index contributed by atoms with van der Waals surface area (Å²) in [5.41, 5.74) is 1.41. The van der Waals surface area contributed by atoms with Crippen LogP contribution in [0, 0.1) is 6.92 Å². The smallest absolute Gasteiger partial charge is 0.395 e. The zero-order valence-electron chi connectivity index (χ0n) is 19.3. The first kappa shape index (κ1) is 27.0. The number of aliphatic hydroxyl groups is 2. The number of thiazole rings is 1. The number of nitrogens with one attached hydrogen (secondary N) is 2. The molecule has 0 atom stereocenters. The maximum absolute atomic E-state index is 12.9. The second kappa shape index (κ2) is 12.9. The minimum atomic E-state index is -4.54. The highest BCUT2D eigenvalue weighted by atomic mass is 32.1. The van der Waals surface area contributed by atoms with E-state index in [1.807, 2.05) is 30.0 Å². The molecule has 0 bridgehead atoms. The van der Waals surface area contributed by atoms with Crippen molar-refractivity contribution in [3.63, 3.8) is 0 Å². The molecule has 0 saturated heterocycles. The van der Waals surface area contributed by atoms with Crippen LogP contribution in [0.3, 0.4) is 0 Å². The van der Waals surface area contributed by atoms with Gasteiger partial charge in [-0.05, 0) is 55.8 Å². The van der Waals surface area contributed by atoms with Crippen LogP contribution in [0.4, 0.5) is 24.8 Å². The van der Waals surface area contributed by atoms with Crippen molar-refractivity contribution in [1.29, 1.82) is 0 Å². The number of aliphatic hydroxyl groups excluding tert-OH is 2. The number of aryl methyl sites for hydroxylation is 1. The van der Waals surface area contributed by atoms with E-state index in [2.05, 4.69) is 25.6 Å². The summed E-state index contributed by atoms with van der Waals surface area (Å²) in [4.78, 5) is 14.9. The minimum absolute atomic E-state index is 0.0679. The fraction of sp³-hybridized carbons (Fsp3) is 0.435. The lowest BCUT2D eigenvalue weighted by Gasteiger charge is -2.19. The van der Waals surface area contributed by atoms with E-state index >= 15 is 0 Å². The maximum atomic E-state index is 12.9. The molecule has 0 spiro atoms. The number of rotatable bonds is 13. The van der Waals surface area contributed by atoms with Gasteiger partial charge in [0.1, 0.15) is 10.7 Å². The first-order chi connectivity index (χ1) is 16.8. The average Bonchev–Trinajstić information content (AvgIpc) is 3.27. The van der Waals surface area contributed by atoms with E-state index in [9.17, 15) is 13.2 Å². The topological polar surface area (TPSA) is 106 Å². The molecule has 3 aromatic rings. The molecular formula is C23H29F3N6O2S. The second-order valence-corrected chi connectivity index (χ2v) is 9.03. The minimum Gasteiger partial charge on any atom is -0.395 e. The summed E-state index contributed by atoms with van der Waals surface area (Å²) in [5, 5.41) is 25.3. The number of benzene rings is 1. The first-order valence-corrected chi connectivity index (χ1v) is 12.0. The molecule has 0 aliphatic carbocycles. The quantitative estimate of drug-likeness (QED) is 0.259. The maximum Gasteiger partial charge on any atom is 0.433 e. The molecule has 35 heavy (non-hydrogen) atoms. The van der Waals surface area contributed by atoms with Gasteiger partial charge in [-0.25, -0.2) is 15.0 Å². The highest BCUT2D eigenvalue weighted by molar-refractivity contribution is 7.15. The zero-order valence-corrected chi connectivity index (χ0v) is 20.2. The van der Waals surface area contributed by atoms with Crippen molar-refractivity contribution in [3.05, 3.63) is 52.9 Å². The Morgan fingerprint density at radius 1 is 1.06 bits per heavy atom. The summed E-state index contributed by atoms with van der Waals surface area (Å²) in [5.74, 6) is -0.123. The Kier molecular flexibility index (Phi) is 9.93. The Hall–Kier alpha value is -2.64. The van der Waals surface area contributed by atoms with Gasteiger partial charge in [-0.1, -0.05) is 6.07 Å². The van der Waals surface area contributed by atoms with E-state index in [0.717, 1.165) is 52.8 Å². The van der Waals surface area contributed by atoms with Crippen LogP contribution in [0.2, 0.25) is 0 Å². The lowest BCUT2D eigenvalue weighted by molar-refractivity contribution is -0.141. The Morgan fingerprint density at radius 2 is 1.83 bits per heavy atom. The van der Waals surface area contributed by atoms with E-state index in [1.165, 1.54) is 11.3 Å². The van der Waals surface area contributed by atoms with Crippen molar-refractivity contribution in [2.24, 2.45) is 0 Å². The van der Waals surface area contributed by atoms with Gasteiger partial charge >= 0.3 is 6.18 Å².